The monoisotopic (exact) mass is 423 g/mol. The molecule has 0 atom stereocenters. The van der Waals surface area contributed by atoms with Gasteiger partial charge < -0.3 is 0 Å². The number of ketones is 1. The van der Waals surface area contributed by atoms with E-state index in [9.17, 15) is 18.0 Å². The summed E-state index contributed by atoms with van der Waals surface area (Å²) in [4.78, 5) is 15.6. The van der Waals surface area contributed by atoms with Gasteiger partial charge in [0.25, 0.3) is 0 Å². The van der Waals surface area contributed by atoms with Gasteiger partial charge in [-0.2, -0.15) is 13.2 Å². The number of thioether (sulfide) groups is 1. The van der Waals surface area contributed by atoms with E-state index in [1.807, 2.05) is 12.1 Å². The number of hydrogen-bond acceptors (Lipinski definition) is 3. The van der Waals surface area contributed by atoms with E-state index in [1.165, 1.54) is 6.07 Å². The minimum atomic E-state index is -4.40. The molecule has 0 aliphatic rings. The van der Waals surface area contributed by atoms with Crippen LogP contribution in [0.15, 0.2) is 47.6 Å². The Hall–Kier alpha value is -1.09. The van der Waals surface area contributed by atoms with Crippen LogP contribution in [-0.4, -0.2) is 16.5 Å². The largest absolute Gasteiger partial charge is 0.417 e. The molecule has 1 aromatic heterocycles. The second-order valence-corrected chi connectivity index (χ2v) is 6.34. The van der Waals surface area contributed by atoms with E-state index in [2.05, 4.69) is 27.6 Å². The van der Waals surface area contributed by atoms with Crippen LogP contribution in [0.5, 0.6) is 0 Å². The number of benzene rings is 1. The van der Waals surface area contributed by atoms with Crippen molar-refractivity contribution in [2.75, 3.05) is 5.75 Å². The van der Waals surface area contributed by atoms with Gasteiger partial charge in [0.2, 0.25) is 0 Å². The normalized spacial score (nSPS) is 11.4. The molecule has 2 rings (SSSR count). The van der Waals surface area contributed by atoms with Crippen molar-refractivity contribution in [3.8, 4) is 0 Å². The fourth-order valence-electron chi connectivity index (χ4n) is 1.49. The SMILES string of the molecule is O=C(CSc1ccc(C(F)(F)F)cn1)c1ccc(I)cc1. The molecule has 21 heavy (non-hydrogen) atoms. The van der Waals surface area contributed by atoms with Gasteiger partial charge >= 0.3 is 6.18 Å². The predicted octanol–water partition coefficient (Wildman–Crippen LogP) is 4.68. The summed E-state index contributed by atoms with van der Waals surface area (Å²) < 4.78 is 38.2. The quantitative estimate of drug-likeness (QED) is 0.407. The molecule has 0 bridgehead atoms. The number of rotatable bonds is 4. The maximum absolute atomic E-state index is 12.4. The third kappa shape index (κ3) is 4.70. The molecule has 0 radical (unpaired) electrons. The Labute approximate surface area is 137 Å². The van der Waals surface area contributed by atoms with Crippen molar-refractivity contribution in [3.63, 3.8) is 0 Å². The van der Waals surface area contributed by atoms with Gasteiger partial charge in [-0.25, -0.2) is 4.98 Å². The molecule has 0 amide bonds. The minimum Gasteiger partial charge on any atom is -0.293 e. The van der Waals surface area contributed by atoms with Gasteiger partial charge in [-0.3, -0.25) is 4.79 Å². The van der Waals surface area contributed by atoms with Crippen molar-refractivity contribution in [2.45, 2.75) is 11.2 Å². The molecule has 0 saturated carbocycles. The number of carbonyl (C=O) groups is 1. The van der Waals surface area contributed by atoms with E-state index in [0.717, 1.165) is 27.6 Å². The number of carbonyl (C=O) groups excluding carboxylic acids is 1. The van der Waals surface area contributed by atoms with Gasteiger partial charge in [0.05, 0.1) is 16.3 Å². The third-order valence-electron chi connectivity index (χ3n) is 2.58. The summed E-state index contributed by atoms with van der Waals surface area (Å²) in [5.41, 5.74) is -0.217. The maximum atomic E-state index is 12.4. The van der Waals surface area contributed by atoms with Gasteiger partial charge in [0.15, 0.2) is 5.78 Å². The van der Waals surface area contributed by atoms with Crippen LogP contribution in [0, 0.1) is 3.57 Å². The third-order valence-corrected chi connectivity index (χ3v) is 4.24. The first kappa shape index (κ1) is 16.3. The molecule has 0 N–H and O–H groups in total. The summed E-state index contributed by atoms with van der Waals surface area (Å²) in [5.74, 6) is 0.0528. The summed E-state index contributed by atoms with van der Waals surface area (Å²) in [5, 5.41) is 0.391. The highest BCUT2D eigenvalue weighted by Crippen LogP contribution is 2.29. The Kier molecular flexibility index (Phi) is 5.26. The number of Topliss-reactive ketones (excluding diaryl/α,β-unsaturated/α-hetero) is 1. The lowest BCUT2D eigenvalue weighted by Gasteiger charge is -2.06. The number of nitrogens with zero attached hydrogens (tertiary/aromatic N) is 1. The van der Waals surface area contributed by atoms with E-state index >= 15 is 0 Å². The lowest BCUT2D eigenvalue weighted by molar-refractivity contribution is -0.137. The zero-order valence-electron chi connectivity index (χ0n) is 10.5. The lowest BCUT2D eigenvalue weighted by atomic mass is 10.2. The summed E-state index contributed by atoms with van der Waals surface area (Å²) in [6.45, 7) is 0. The molecule has 0 fully saturated rings. The number of pyridine rings is 1. The Morgan fingerprint density at radius 1 is 1.14 bits per heavy atom. The first-order valence-corrected chi connectivity index (χ1v) is 7.87. The van der Waals surface area contributed by atoms with E-state index in [-0.39, 0.29) is 11.5 Å². The first-order chi connectivity index (χ1) is 9.86. The van der Waals surface area contributed by atoms with Crippen LogP contribution >= 0.6 is 34.4 Å². The van der Waals surface area contributed by atoms with Crippen LogP contribution in [0.1, 0.15) is 15.9 Å². The van der Waals surface area contributed by atoms with Crippen LogP contribution in [0.2, 0.25) is 0 Å². The number of halogens is 4. The molecule has 1 aromatic carbocycles. The molecular formula is C14H9F3INOS. The van der Waals surface area contributed by atoms with E-state index in [0.29, 0.717) is 10.6 Å². The van der Waals surface area contributed by atoms with Gasteiger partial charge in [-0.05, 0) is 46.9 Å². The van der Waals surface area contributed by atoms with Crippen molar-refractivity contribution in [1.82, 2.24) is 4.98 Å². The zero-order chi connectivity index (χ0) is 15.5. The molecule has 110 valence electrons. The molecule has 0 spiro atoms. The van der Waals surface area contributed by atoms with Crippen LogP contribution in [0.3, 0.4) is 0 Å². The summed E-state index contributed by atoms with van der Waals surface area (Å²) >= 11 is 3.26. The zero-order valence-corrected chi connectivity index (χ0v) is 13.5. The summed E-state index contributed by atoms with van der Waals surface area (Å²) in [6.07, 6.45) is -3.62. The van der Waals surface area contributed by atoms with Crippen LogP contribution in [0.25, 0.3) is 0 Å². The highest BCUT2D eigenvalue weighted by atomic mass is 127. The molecule has 2 aromatic rings. The molecule has 0 aliphatic carbocycles. The van der Waals surface area contributed by atoms with Crippen molar-refractivity contribution in [1.29, 1.82) is 0 Å². The average molecular weight is 423 g/mol. The molecule has 2 nitrogen and oxygen atoms in total. The molecule has 7 heteroatoms. The fourth-order valence-corrected chi connectivity index (χ4v) is 2.59. The number of alkyl halides is 3. The van der Waals surface area contributed by atoms with E-state index in [1.54, 1.807) is 12.1 Å². The molecular weight excluding hydrogens is 414 g/mol. The van der Waals surface area contributed by atoms with Crippen molar-refractivity contribution in [3.05, 3.63) is 57.3 Å². The summed E-state index contributed by atoms with van der Waals surface area (Å²) in [7, 11) is 0. The number of aromatic nitrogens is 1. The fraction of sp³-hybridized carbons (Fsp3) is 0.143. The Bertz CT molecular complexity index is 626. The van der Waals surface area contributed by atoms with Crippen LogP contribution in [0.4, 0.5) is 13.2 Å². The Morgan fingerprint density at radius 3 is 2.33 bits per heavy atom. The van der Waals surface area contributed by atoms with Gasteiger partial charge in [0, 0.05) is 15.3 Å². The predicted molar refractivity (Wildman–Crippen MR) is 83.5 cm³/mol. The second-order valence-electron chi connectivity index (χ2n) is 4.10. The van der Waals surface area contributed by atoms with Crippen LogP contribution < -0.4 is 0 Å². The average Bonchev–Trinajstić information content (AvgIpc) is 2.45. The van der Waals surface area contributed by atoms with Crippen molar-refractivity contribution >= 4 is 40.1 Å². The number of hydrogen-bond donors (Lipinski definition) is 0. The first-order valence-electron chi connectivity index (χ1n) is 5.81. The smallest absolute Gasteiger partial charge is 0.293 e. The van der Waals surface area contributed by atoms with Crippen LogP contribution in [-0.2, 0) is 6.18 Å². The lowest BCUT2D eigenvalue weighted by Crippen LogP contribution is -2.06. The summed E-state index contributed by atoms with van der Waals surface area (Å²) in [6, 6.07) is 9.35. The molecule has 0 unspecified atom stereocenters. The standard InChI is InChI=1S/C14H9F3INOS/c15-14(16,17)10-3-6-13(19-7-10)21-8-12(20)9-1-4-11(18)5-2-9/h1-7H,8H2. The highest BCUT2D eigenvalue weighted by molar-refractivity contribution is 14.1. The molecule has 0 saturated heterocycles. The van der Waals surface area contributed by atoms with Gasteiger partial charge in [-0.15, -0.1) is 0 Å². The van der Waals surface area contributed by atoms with Gasteiger partial charge in [0.1, 0.15) is 0 Å². The maximum Gasteiger partial charge on any atom is 0.417 e. The van der Waals surface area contributed by atoms with Crippen molar-refractivity contribution < 1.29 is 18.0 Å². The van der Waals surface area contributed by atoms with Crippen molar-refractivity contribution in [2.24, 2.45) is 0 Å². The van der Waals surface area contributed by atoms with Gasteiger partial charge in [-0.1, -0.05) is 23.9 Å². The minimum absolute atomic E-state index is 0.0851. The molecule has 1 heterocycles. The Balaban J connectivity index is 1.97. The topological polar surface area (TPSA) is 30.0 Å². The Morgan fingerprint density at radius 2 is 1.81 bits per heavy atom. The molecule has 0 aliphatic heterocycles. The van der Waals surface area contributed by atoms with E-state index in [4.69, 9.17) is 0 Å². The second kappa shape index (κ2) is 6.78. The van der Waals surface area contributed by atoms with E-state index < -0.39 is 11.7 Å². The highest BCUT2D eigenvalue weighted by Gasteiger charge is 2.30.